The van der Waals surface area contributed by atoms with Crippen LogP contribution in [-0.4, -0.2) is 82.3 Å². The van der Waals surface area contributed by atoms with E-state index in [9.17, 15) is 19.5 Å². The smallest absolute Gasteiger partial charge is 0.306 e. The van der Waals surface area contributed by atoms with Gasteiger partial charge in [0.05, 0.1) is 40.3 Å². The number of hydrogen-bond donors (Lipinski definition) is 0. The molecule has 0 aromatic carbocycles. The van der Waals surface area contributed by atoms with E-state index in [1.807, 2.05) is 21.1 Å². The topological polar surface area (TPSA) is 111 Å². The molecule has 0 fully saturated rings. The summed E-state index contributed by atoms with van der Waals surface area (Å²) in [4.78, 5) is 37.5. The molecule has 0 heterocycles. The molecule has 0 rings (SSSR count). The van der Waals surface area contributed by atoms with Crippen molar-refractivity contribution in [1.29, 1.82) is 0 Å². The lowest BCUT2D eigenvalue weighted by molar-refractivity contribution is -0.870. The maximum absolute atomic E-state index is 12.9. The number of carbonyl (C=O) groups excluding carboxylic acids is 3. The molecular formula is C78H143NO8. The molecule has 9 nitrogen and oxygen atoms in total. The van der Waals surface area contributed by atoms with E-state index in [0.717, 1.165) is 77.0 Å². The van der Waals surface area contributed by atoms with Crippen molar-refractivity contribution in [1.82, 2.24) is 0 Å². The molecule has 2 atom stereocenters. The van der Waals surface area contributed by atoms with E-state index in [4.69, 9.17) is 18.9 Å². The minimum atomic E-state index is -1.63. The number of quaternary nitrogens is 1. The van der Waals surface area contributed by atoms with Gasteiger partial charge < -0.3 is 33.3 Å². The number of hydrogen-bond acceptors (Lipinski definition) is 8. The molecule has 0 aromatic rings. The Morgan fingerprint density at radius 1 is 0.356 bits per heavy atom. The zero-order chi connectivity index (χ0) is 63.3. The lowest BCUT2D eigenvalue weighted by Crippen LogP contribution is -2.44. The van der Waals surface area contributed by atoms with E-state index in [-0.39, 0.29) is 32.2 Å². The van der Waals surface area contributed by atoms with Crippen molar-refractivity contribution in [2.75, 3.05) is 47.5 Å². The molecule has 0 spiro atoms. The number of carboxylic acid groups (broad SMARTS) is 1. The van der Waals surface area contributed by atoms with Gasteiger partial charge in [0.1, 0.15) is 13.2 Å². The highest BCUT2D eigenvalue weighted by Gasteiger charge is 2.22. The van der Waals surface area contributed by atoms with Crippen LogP contribution in [0.4, 0.5) is 0 Å². The molecule has 0 aliphatic rings. The average molecular weight is 1220 g/mol. The summed E-state index contributed by atoms with van der Waals surface area (Å²) in [5, 5.41) is 11.8. The van der Waals surface area contributed by atoms with Gasteiger partial charge in [-0.15, -0.1) is 0 Å². The van der Waals surface area contributed by atoms with Gasteiger partial charge in [0.2, 0.25) is 0 Å². The van der Waals surface area contributed by atoms with E-state index < -0.39 is 24.3 Å². The SMILES string of the molecule is CC/C=C\C/C=C\C/C=C\C/C=C\C/C=C\CCCCCCCCCCCC(=O)OC(COC(=O)CCCCCCCCCCCCCCCCCCCCCCCCCCCCCCCCCCCCCCC)COC(OCC[N+](C)(C)C)C(=O)[O-]. The van der Waals surface area contributed by atoms with Gasteiger partial charge in [0.25, 0.3) is 0 Å². The molecule has 0 aromatic heterocycles. The zero-order valence-corrected chi connectivity index (χ0v) is 58.2. The van der Waals surface area contributed by atoms with Gasteiger partial charge in [-0.1, -0.05) is 351 Å². The summed E-state index contributed by atoms with van der Waals surface area (Å²) in [5.41, 5.74) is 0. The van der Waals surface area contributed by atoms with E-state index >= 15 is 0 Å². The number of carboxylic acids is 1. The monoisotopic (exact) mass is 1220 g/mol. The third kappa shape index (κ3) is 70.3. The van der Waals surface area contributed by atoms with Crippen LogP contribution in [0.1, 0.15) is 361 Å². The van der Waals surface area contributed by atoms with Crippen LogP contribution in [0.3, 0.4) is 0 Å². The minimum Gasteiger partial charge on any atom is -0.545 e. The van der Waals surface area contributed by atoms with E-state index in [1.165, 1.54) is 250 Å². The van der Waals surface area contributed by atoms with Gasteiger partial charge in [0.15, 0.2) is 12.4 Å². The summed E-state index contributed by atoms with van der Waals surface area (Å²) >= 11 is 0. The molecule has 0 bridgehead atoms. The Balaban J connectivity index is 4.00. The van der Waals surface area contributed by atoms with Crippen LogP contribution >= 0.6 is 0 Å². The second-order valence-electron chi connectivity index (χ2n) is 26.6. The highest BCUT2D eigenvalue weighted by molar-refractivity contribution is 5.70. The first-order valence-corrected chi connectivity index (χ1v) is 37.4. The van der Waals surface area contributed by atoms with Gasteiger partial charge in [0, 0.05) is 12.8 Å². The van der Waals surface area contributed by atoms with Crippen molar-refractivity contribution in [3.63, 3.8) is 0 Å². The number of likely N-dealkylation sites (N-methyl/N-ethyl adjacent to an activating group) is 1. The van der Waals surface area contributed by atoms with Gasteiger partial charge in [-0.05, 0) is 57.8 Å². The standard InChI is InChI=1S/C78H143NO8/c1-6-8-10-12-14-16-18-20-22-24-26-28-30-32-33-34-35-36-37-38-39-40-41-42-43-45-46-48-50-52-54-56-58-60-62-64-66-68-75(80)85-72-74(73-86-78(77(82)83)84-71-70-79(3,4)5)87-76(81)69-67-65-63-61-59-57-55-53-51-49-47-44-31-29-27-25-23-21-19-17-15-13-11-9-7-2/h9,11,15,17,21,23,27,29,44,47,74,78H,6-8,10,12-14,16,18-20,22,24-26,28,30-43,45-46,48-73H2,1-5H3/b11-9-,17-15-,23-21-,29-27-,47-44-. The van der Waals surface area contributed by atoms with Crippen LogP contribution < -0.4 is 5.11 Å². The Morgan fingerprint density at radius 3 is 0.977 bits per heavy atom. The molecule has 9 heteroatoms. The Labute approximate surface area is 539 Å². The van der Waals surface area contributed by atoms with Crippen molar-refractivity contribution in [2.24, 2.45) is 0 Å². The van der Waals surface area contributed by atoms with Gasteiger partial charge in [-0.2, -0.15) is 0 Å². The maximum atomic E-state index is 12.9. The number of aliphatic carboxylic acids is 1. The Bertz CT molecular complexity index is 1610. The highest BCUT2D eigenvalue weighted by atomic mass is 16.7. The van der Waals surface area contributed by atoms with Crippen LogP contribution in [0, 0.1) is 0 Å². The molecule has 508 valence electrons. The molecule has 87 heavy (non-hydrogen) atoms. The van der Waals surface area contributed by atoms with Crippen molar-refractivity contribution in [3.05, 3.63) is 60.8 Å². The summed E-state index contributed by atoms with van der Waals surface area (Å²) in [6.07, 6.45) is 87.7. The molecule has 0 aliphatic heterocycles. The summed E-state index contributed by atoms with van der Waals surface area (Å²) < 4.78 is 22.8. The van der Waals surface area contributed by atoms with Crippen LogP contribution in [0.2, 0.25) is 0 Å². The quantitative estimate of drug-likeness (QED) is 0.0195. The molecule has 0 aliphatic carbocycles. The van der Waals surface area contributed by atoms with Crippen LogP contribution in [0.25, 0.3) is 0 Å². The predicted octanol–water partition coefficient (Wildman–Crippen LogP) is 22.1. The van der Waals surface area contributed by atoms with Crippen LogP contribution in [0.15, 0.2) is 60.8 Å². The van der Waals surface area contributed by atoms with Gasteiger partial charge in [-0.3, -0.25) is 9.59 Å². The average Bonchev–Trinajstić information content (AvgIpc) is 3.59. The number of rotatable bonds is 70. The Morgan fingerprint density at radius 2 is 0.655 bits per heavy atom. The highest BCUT2D eigenvalue weighted by Crippen LogP contribution is 2.19. The maximum Gasteiger partial charge on any atom is 0.306 e. The number of carbonyl (C=O) groups is 3. The summed E-state index contributed by atoms with van der Waals surface area (Å²) in [7, 11) is 5.94. The lowest BCUT2D eigenvalue weighted by atomic mass is 10.0. The number of esters is 2. The molecule has 2 unspecified atom stereocenters. The molecule has 0 amide bonds. The predicted molar refractivity (Wildman–Crippen MR) is 371 cm³/mol. The van der Waals surface area contributed by atoms with Gasteiger partial charge in [-0.25, -0.2) is 0 Å². The fourth-order valence-electron chi connectivity index (χ4n) is 11.1. The fraction of sp³-hybridized carbons (Fsp3) is 0.833. The largest absolute Gasteiger partial charge is 0.545 e. The summed E-state index contributed by atoms with van der Waals surface area (Å²) in [6.45, 7) is 4.68. The van der Waals surface area contributed by atoms with Crippen molar-refractivity contribution < 1.29 is 42.9 Å². The second-order valence-corrected chi connectivity index (χ2v) is 26.6. The first kappa shape index (κ1) is 84.0. The fourth-order valence-corrected chi connectivity index (χ4v) is 11.1. The zero-order valence-electron chi connectivity index (χ0n) is 58.2. The molecular weight excluding hydrogens is 1080 g/mol. The summed E-state index contributed by atoms with van der Waals surface area (Å²) in [6, 6.07) is 0. The minimum absolute atomic E-state index is 0.146. The Hall–Kier alpha value is -3.01. The third-order valence-electron chi connectivity index (χ3n) is 16.8. The number of nitrogens with zero attached hydrogens (tertiary/aromatic N) is 1. The second kappa shape index (κ2) is 68.9. The number of ether oxygens (including phenoxy) is 4. The Kier molecular flexibility index (Phi) is 66.5. The third-order valence-corrected chi connectivity index (χ3v) is 16.8. The number of unbranched alkanes of at least 4 members (excludes halogenated alkanes) is 45. The molecule has 0 saturated heterocycles. The van der Waals surface area contributed by atoms with E-state index in [2.05, 4.69) is 74.6 Å². The van der Waals surface area contributed by atoms with Crippen LogP contribution in [-0.2, 0) is 33.3 Å². The normalized spacial score (nSPS) is 13.0. The van der Waals surface area contributed by atoms with E-state index in [1.54, 1.807) is 0 Å². The van der Waals surface area contributed by atoms with Gasteiger partial charge >= 0.3 is 11.9 Å². The van der Waals surface area contributed by atoms with Crippen molar-refractivity contribution in [2.45, 2.75) is 373 Å². The van der Waals surface area contributed by atoms with E-state index in [0.29, 0.717) is 23.9 Å². The summed E-state index contributed by atoms with van der Waals surface area (Å²) in [5.74, 6) is -2.27. The molecule has 0 N–H and O–H groups in total. The van der Waals surface area contributed by atoms with Crippen molar-refractivity contribution in [3.8, 4) is 0 Å². The lowest BCUT2D eigenvalue weighted by Gasteiger charge is -2.26. The first-order chi connectivity index (χ1) is 42.6. The first-order valence-electron chi connectivity index (χ1n) is 37.4. The van der Waals surface area contributed by atoms with Crippen LogP contribution in [0.5, 0.6) is 0 Å². The molecule has 0 saturated carbocycles. The molecule has 0 radical (unpaired) electrons. The van der Waals surface area contributed by atoms with Crippen molar-refractivity contribution >= 4 is 17.9 Å². The number of allylic oxidation sites excluding steroid dienone is 10.